The van der Waals surface area contributed by atoms with E-state index in [4.69, 9.17) is 4.74 Å². The van der Waals surface area contributed by atoms with E-state index in [1.54, 1.807) is 0 Å². The van der Waals surface area contributed by atoms with Gasteiger partial charge in [-0.3, -0.25) is 9.69 Å². The largest absolute Gasteiger partial charge is 0.389 e. The summed E-state index contributed by atoms with van der Waals surface area (Å²) in [5.41, 5.74) is 1.46. The van der Waals surface area contributed by atoms with Crippen LogP contribution in [0.4, 0.5) is 4.79 Å². The smallest absolute Gasteiger partial charge is 0.325 e. The van der Waals surface area contributed by atoms with Crippen molar-refractivity contribution in [3.8, 4) is 0 Å². The number of carbonyl (C=O) groups is 2. The van der Waals surface area contributed by atoms with Gasteiger partial charge in [-0.05, 0) is 37.8 Å². The molecule has 2 aliphatic rings. The number of amides is 3. The SMILES string of the molecule is CC(C)OC[C@H](O)CN1C(=O)N[C@@]2(CCc3ccccc3C2)C1=O. The first kappa shape index (κ1) is 16.9. The maximum Gasteiger partial charge on any atom is 0.325 e. The Kier molecular flexibility index (Phi) is 4.60. The Bertz CT molecular complexity index is 646. The maximum absolute atomic E-state index is 12.9. The van der Waals surface area contributed by atoms with E-state index in [2.05, 4.69) is 11.4 Å². The molecular weight excluding hydrogens is 308 g/mol. The highest BCUT2D eigenvalue weighted by Gasteiger charge is 2.52. The lowest BCUT2D eigenvalue weighted by Gasteiger charge is -2.32. The third-order valence-electron chi connectivity index (χ3n) is 4.69. The molecule has 1 aromatic rings. The van der Waals surface area contributed by atoms with Crippen molar-refractivity contribution in [2.75, 3.05) is 13.2 Å². The molecule has 6 nitrogen and oxygen atoms in total. The van der Waals surface area contributed by atoms with E-state index in [1.165, 1.54) is 5.56 Å². The van der Waals surface area contributed by atoms with Crippen molar-refractivity contribution in [1.29, 1.82) is 0 Å². The molecule has 0 aromatic heterocycles. The minimum absolute atomic E-state index is 0.0102. The van der Waals surface area contributed by atoms with Crippen LogP contribution in [0.5, 0.6) is 0 Å². The number of aryl methyl sites for hydroxylation is 1. The van der Waals surface area contributed by atoms with Crippen LogP contribution in [0.15, 0.2) is 24.3 Å². The molecule has 24 heavy (non-hydrogen) atoms. The molecule has 1 aliphatic carbocycles. The molecular formula is C18H24N2O4. The summed E-state index contributed by atoms with van der Waals surface area (Å²) in [4.78, 5) is 26.3. The Hall–Kier alpha value is -1.92. The van der Waals surface area contributed by atoms with Gasteiger partial charge in [0.1, 0.15) is 5.54 Å². The standard InChI is InChI=1S/C18H24N2O4/c1-12(2)24-11-15(21)10-20-16(22)18(19-17(20)23)8-7-13-5-3-4-6-14(13)9-18/h3-6,12,15,21H,7-11H2,1-2H3,(H,19,23)/t15-,18-/m1/s1. The summed E-state index contributed by atoms with van der Waals surface area (Å²) in [6, 6.07) is 7.58. The molecule has 0 bridgehead atoms. The van der Waals surface area contributed by atoms with Crippen LogP contribution in [0.3, 0.4) is 0 Å². The number of hydrogen-bond donors (Lipinski definition) is 2. The summed E-state index contributed by atoms with van der Waals surface area (Å²) >= 11 is 0. The van der Waals surface area contributed by atoms with E-state index < -0.39 is 17.7 Å². The number of aliphatic hydroxyl groups excluding tert-OH is 1. The Morgan fingerprint density at radius 2 is 2.00 bits per heavy atom. The molecule has 1 fully saturated rings. The lowest BCUT2D eigenvalue weighted by molar-refractivity contribution is -0.133. The monoisotopic (exact) mass is 332 g/mol. The van der Waals surface area contributed by atoms with Crippen LogP contribution in [0.2, 0.25) is 0 Å². The van der Waals surface area contributed by atoms with E-state index in [0.29, 0.717) is 12.8 Å². The fourth-order valence-corrected chi connectivity index (χ4v) is 3.43. The first-order valence-electron chi connectivity index (χ1n) is 8.42. The molecule has 0 saturated carbocycles. The summed E-state index contributed by atoms with van der Waals surface area (Å²) in [7, 11) is 0. The summed E-state index contributed by atoms with van der Waals surface area (Å²) < 4.78 is 5.35. The second kappa shape index (κ2) is 6.53. The topological polar surface area (TPSA) is 78.9 Å². The number of nitrogens with one attached hydrogen (secondary N) is 1. The van der Waals surface area contributed by atoms with Crippen LogP contribution < -0.4 is 5.32 Å². The zero-order valence-electron chi connectivity index (χ0n) is 14.1. The Balaban J connectivity index is 1.71. The number of benzene rings is 1. The third-order valence-corrected chi connectivity index (χ3v) is 4.69. The number of aliphatic hydroxyl groups is 1. The van der Waals surface area contributed by atoms with E-state index in [9.17, 15) is 14.7 Å². The molecule has 1 aromatic carbocycles. The number of imide groups is 1. The molecule has 1 aliphatic heterocycles. The number of nitrogens with zero attached hydrogens (tertiary/aromatic N) is 1. The van der Waals surface area contributed by atoms with Gasteiger partial charge in [0.25, 0.3) is 5.91 Å². The minimum atomic E-state index is -0.881. The van der Waals surface area contributed by atoms with Crippen molar-refractivity contribution in [3.63, 3.8) is 0 Å². The van der Waals surface area contributed by atoms with Crippen LogP contribution in [0.1, 0.15) is 31.4 Å². The van der Waals surface area contributed by atoms with Gasteiger partial charge in [-0.1, -0.05) is 24.3 Å². The van der Waals surface area contributed by atoms with Crippen molar-refractivity contribution in [3.05, 3.63) is 35.4 Å². The van der Waals surface area contributed by atoms with Crippen LogP contribution in [0, 0.1) is 0 Å². The molecule has 0 radical (unpaired) electrons. The van der Waals surface area contributed by atoms with E-state index in [0.717, 1.165) is 16.9 Å². The molecule has 0 unspecified atom stereocenters. The van der Waals surface area contributed by atoms with Crippen molar-refractivity contribution in [2.24, 2.45) is 0 Å². The zero-order valence-corrected chi connectivity index (χ0v) is 14.1. The summed E-state index contributed by atoms with van der Waals surface area (Å²) in [6.45, 7) is 3.80. The van der Waals surface area contributed by atoms with Gasteiger partial charge in [0.15, 0.2) is 0 Å². The normalized spacial score (nSPS) is 24.4. The highest BCUT2D eigenvalue weighted by molar-refractivity contribution is 6.07. The predicted molar refractivity (Wildman–Crippen MR) is 88.5 cm³/mol. The molecule has 1 saturated heterocycles. The lowest BCUT2D eigenvalue weighted by atomic mass is 9.78. The molecule has 1 spiro atoms. The van der Waals surface area contributed by atoms with Gasteiger partial charge in [-0.25, -0.2) is 4.79 Å². The average Bonchev–Trinajstić information content (AvgIpc) is 2.77. The van der Waals surface area contributed by atoms with Crippen molar-refractivity contribution < 1.29 is 19.4 Å². The Labute approximate surface area is 141 Å². The molecule has 130 valence electrons. The fraction of sp³-hybridized carbons (Fsp3) is 0.556. The van der Waals surface area contributed by atoms with Gasteiger partial charge in [0.2, 0.25) is 0 Å². The van der Waals surface area contributed by atoms with Crippen molar-refractivity contribution in [2.45, 2.75) is 50.9 Å². The Morgan fingerprint density at radius 3 is 2.71 bits per heavy atom. The number of carbonyl (C=O) groups excluding carboxylic acids is 2. The molecule has 1 heterocycles. The number of β-amino-alcohol motifs (C(OH)–C–C–N with tert-alkyl or cyclic N) is 1. The summed E-state index contributed by atoms with van der Waals surface area (Å²) in [6.07, 6.45) is 0.957. The van der Waals surface area contributed by atoms with Gasteiger partial charge in [0.05, 0.1) is 25.4 Å². The zero-order chi connectivity index (χ0) is 17.3. The second-order valence-electron chi connectivity index (χ2n) is 6.91. The highest BCUT2D eigenvalue weighted by atomic mass is 16.5. The van der Waals surface area contributed by atoms with Crippen molar-refractivity contribution >= 4 is 11.9 Å². The van der Waals surface area contributed by atoms with Gasteiger partial charge in [-0.15, -0.1) is 0 Å². The molecule has 3 rings (SSSR count). The molecule has 2 N–H and O–H groups in total. The van der Waals surface area contributed by atoms with Crippen LogP contribution in [0.25, 0.3) is 0 Å². The fourth-order valence-electron chi connectivity index (χ4n) is 3.43. The Morgan fingerprint density at radius 1 is 1.29 bits per heavy atom. The highest BCUT2D eigenvalue weighted by Crippen LogP contribution is 2.33. The first-order chi connectivity index (χ1) is 11.4. The number of urea groups is 1. The lowest BCUT2D eigenvalue weighted by Crippen LogP contribution is -2.51. The second-order valence-corrected chi connectivity index (χ2v) is 6.91. The molecule has 6 heteroatoms. The number of rotatable bonds is 5. The van der Waals surface area contributed by atoms with Crippen LogP contribution in [-0.4, -0.2) is 52.8 Å². The van der Waals surface area contributed by atoms with Gasteiger partial charge in [-0.2, -0.15) is 0 Å². The maximum atomic E-state index is 12.9. The van der Waals surface area contributed by atoms with E-state index >= 15 is 0 Å². The van der Waals surface area contributed by atoms with Crippen molar-refractivity contribution in [1.82, 2.24) is 10.2 Å². The van der Waals surface area contributed by atoms with Crippen LogP contribution in [-0.2, 0) is 22.4 Å². The first-order valence-corrected chi connectivity index (χ1v) is 8.42. The average molecular weight is 332 g/mol. The van der Waals surface area contributed by atoms with E-state index in [1.807, 2.05) is 32.0 Å². The predicted octanol–water partition coefficient (Wildman–Crippen LogP) is 1.25. The number of hydrogen-bond acceptors (Lipinski definition) is 4. The number of ether oxygens (including phenoxy) is 1. The van der Waals surface area contributed by atoms with Gasteiger partial charge in [0, 0.05) is 6.42 Å². The van der Waals surface area contributed by atoms with Gasteiger partial charge < -0.3 is 15.2 Å². The minimum Gasteiger partial charge on any atom is -0.389 e. The van der Waals surface area contributed by atoms with E-state index in [-0.39, 0.29) is 25.2 Å². The third kappa shape index (κ3) is 3.16. The quantitative estimate of drug-likeness (QED) is 0.796. The summed E-state index contributed by atoms with van der Waals surface area (Å²) in [5.74, 6) is -0.245. The number of fused-ring (bicyclic) bond motifs is 1. The summed E-state index contributed by atoms with van der Waals surface area (Å²) in [5, 5.41) is 12.9. The van der Waals surface area contributed by atoms with Crippen LogP contribution >= 0.6 is 0 Å². The molecule has 3 amide bonds. The molecule has 2 atom stereocenters. The van der Waals surface area contributed by atoms with Gasteiger partial charge >= 0.3 is 6.03 Å².